The van der Waals surface area contributed by atoms with E-state index in [1.807, 2.05) is 45.0 Å². The van der Waals surface area contributed by atoms with Gasteiger partial charge < -0.3 is 15.4 Å². The highest BCUT2D eigenvalue weighted by molar-refractivity contribution is 5.81. The lowest BCUT2D eigenvalue weighted by molar-refractivity contribution is -0.128. The number of nitrogens with one attached hydrogen (secondary N) is 2. The summed E-state index contributed by atoms with van der Waals surface area (Å²) in [5, 5.41) is 5.99. The van der Waals surface area contributed by atoms with Crippen molar-refractivity contribution in [3.8, 4) is 5.75 Å². The molecule has 0 spiro atoms. The van der Waals surface area contributed by atoms with E-state index in [2.05, 4.69) is 10.6 Å². The molecule has 0 aromatic heterocycles. The molecule has 0 radical (unpaired) electrons. The quantitative estimate of drug-likeness (QED) is 0.791. The summed E-state index contributed by atoms with van der Waals surface area (Å²) in [4.78, 5) is 11.6. The van der Waals surface area contributed by atoms with Gasteiger partial charge in [0.05, 0.1) is 12.0 Å². The zero-order chi connectivity index (χ0) is 14.3. The van der Waals surface area contributed by atoms with Gasteiger partial charge in [-0.05, 0) is 38.5 Å². The van der Waals surface area contributed by atoms with Gasteiger partial charge in [0.15, 0.2) is 0 Å². The van der Waals surface area contributed by atoms with E-state index in [0.717, 1.165) is 17.9 Å². The Hall–Kier alpha value is -1.55. The highest BCUT2D eigenvalue weighted by atomic mass is 16.5. The van der Waals surface area contributed by atoms with Gasteiger partial charge in [-0.3, -0.25) is 4.79 Å². The van der Waals surface area contributed by atoms with Gasteiger partial charge in [-0.15, -0.1) is 0 Å². The molecule has 0 bridgehead atoms. The Kier molecular flexibility index (Phi) is 5.83. The van der Waals surface area contributed by atoms with Crippen LogP contribution < -0.4 is 15.4 Å². The summed E-state index contributed by atoms with van der Waals surface area (Å²) in [5.74, 6) is 0.926. The Bertz CT molecular complexity index is 416. The second kappa shape index (κ2) is 7.14. The minimum absolute atomic E-state index is 0.0445. The molecule has 0 atom stereocenters. The first-order valence-corrected chi connectivity index (χ1v) is 6.64. The lowest BCUT2D eigenvalue weighted by Gasteiger charge is -2.23. The van der Waals surface area contributed by atoms with Crippen molar-refractivity contribution in [2.24, 2.45) is 5.41 Å². The number of carbonyl (C=O) groups excluding carboxylic acids is 1. The van der Waals surface area contributed by atoms with E-state index in [1.165, 1.54) is 0 Å². The van der Waals surface area contributed by atoms with Gasteiger partial charge in [0.2, 0.25) is 5.91 Å². The molecule has 19 heavy (non-hydrogen) atoms. The zero-order valence-corrected chi connectivity index (χ0v) is 12.2. The van der Waals surface area contributed by atoms with Crippen molar-refractivity contribution in [3.63, 3.8) is 0 Å². The topological polar surface area (TPSA) is 50.4 Å². The number of ether oxygens (including phenoxy) is 1. The van der Waals surface area contributed by atoms with E-state index in [9.17, 15) is 4.79 Å². The molecule has 0 heterocycles. The maximum absolute atomic E-state index is 11.6. The number of hydrogen-bond acceptors (Lipinski definition) is 3. The number of amides is 1. The predicted octanol–water partition coefficient (Wildman–Crippen LogP) is 1.95. The number of rotatable bonds is 7. The Labute approximate surface area is 115 Å². The van der Waals surface area contributed by atoms with E-state index in [-0.39, 0.29) is 5.91 Å². The SMILES string of the molecule is CCOc1cccc(CNCC(C)(C)C(=O)NC)c1. The van der Waals surface area contributed by atoms with E-state index in [1.54, 1.807) is 7.05 Å². The molecule has 0 aliphatic heterocycles. The lowest BCUT2D eigenvalue weighted by Crippen LogP contribution is -2.41. The average Bonchev–Trinajstić information content (AvgIpc) is 2.38. The molecule has 106 valence electrons. The van der Waals surface area contributed by atoms with E-state index >= 15 is 0 Å². The van der Waals surface area contributed by atoms with E-state index in [0.29, 0.717) is 13.2 Å². The van der Waals surface area contributed by atoms with Crippen LogP contribution in [0, 0.1) is 5.41 Å². The van der Waals surface area contributed by atoms with Crippen molar-refractivity contribution in [2.45, 2.75) is 27.3 Å². The first-order valence-electron chi connectivity index (χ1n) is 6.64. The Morgan fingerprint density at radius 3 is 2.74 bits per heavy atom. The molecule has 1 amide bonds. The summed E-state index contributed by atoms with van der Waals surface area (Å²) < 4.78 is 5.46. The Morgan fingerprint density at radius 2 is 2.11 bits per heavy atom. The molecule has 0 fully saturated rings. The fourth-order valence-corrected chi connectivity index (χ4v) is 1.85. The van der Waals surface area contributed by atoms with E-state index in [4.69, 9.17) is 4.74 Å². The van der Waals surface area contributed by atoms with Crippen LogP contribution in [0.2, 0.25) is 0 Å². The molecule has 0 saturated heterocycles. The van der Waals surface area contributed by atoms with Crippen molar-refractivity contribution in [2.75, 3.05) is 20.2 Å². The fourth-order valence-electron chi connectivity index (χ4n) is 1.85. The van der Waals surface area contributed by atoms with Crippen molar-refractivity contribution in [1.82, 2.24) is 10.6 Å². The first-order chi connectivity index (χ1) is 8.99. The van der Waals surface area contributed by atoms with Crippen molar-refractivity contribution >= 4 is 5.91 Å². The Morgan fingerprint density at radius 1 is 1.37 bits per heavy atom. The number of carbonyl (C=O) groups is 1. The fraction of sp³-hybridized carbons (Fsp3) is 0.533. The summed E-state index contributed by atoms with van der Waals surface area (Å²) in [6.07, 6.45) is 0. The molecule has 1 aromatic rings. The van der Waals surface area contributed by atoms with Crippen molar-refractivity contribution in [1.29, 1.82) is 0 Å². The van der Waals surface area contributed by atoms with Crippen LogP contribution in [0.25, 0.3) is 0 Å². The average molecular weight is 264 g/mol. The zero-order valence-electron chi connectivity index (χ0n) is 12.2. The third kappa shape index (κ3) is 4.91. The smallest absolute Gasteiger partial charge is 0.226 e. The maximum atomic E-state index is 11.6. The molecule has 0 aliphatic carbocycles. The van der Waals surface area contributed by atoms with Crippen LogP contribution in [0.1, 0.15) is 26.3 Å². The highest BCUT2D eigenvalue weighted by Crippen LogP contribution is 2.15. The third-order valence-corrected chi connectivity index (χ3v) is 2.95. The van der Waals surface area contributed by atoms with E-state index < -0.39 is 5.41 Å². The normalized spacial score (nSPS) is 11.2. The molecular formula is C15H24N2O2. The van der Waals surface area contributed by atoms with Gasteiger partial charge >= 0.3 is 0 Å². The van der Waals surface area contributed by atoms with Gasteiger partial charge in [0.1, 0.15) is 5.75 Å². The van der Waals surface area contributed by atoms with Gasteiger partial charge in [-0.2, -0.15) is 0 Å². The van der Waals surface area contributed by atoms with Crippen LogP contribution in [0.15, 0.2) is 24.3 Å². The molecule has 2 N–H and O–H groups in total. The van der Waals surface area contributed by atoms with Gasteiger partial charge in [-0.25, -0.2) is 0 Å². The lowest BCUT2D eigenvalue weighted by atomic mass is 9.92. The summed E-state index contributed by atoms with van der Waals surface area (Å²) in [6, 6.07) is 7.99. The third-order valence-electron chi connectivity index (χ3n) is 2.95. The second-order valence-corrected chi connectivity index (χ2v) is 5.15. The second-order valence-electron chi connectivity index (χ2n) is 5.15. The Balaban J connectivity index is 2.49. The van der Waals surface area contributed by atoms with Crippen molar-refractivity contribution in [3.05, 3.63) is 29.8 Å². The maximum Gasteiger partial charge on any atom is 0.226 e. The first kappa shape index (κ1) is 15.5. The standard InChI is InChI=1S/C15H24N2O2/c1-5-19-13-8-6-7-12(9-13)10-17-11-15(2,3)14(18)16-4/h6-9,17H,5,10-11H2,1-4H3,(H,16,18). The monoisotopic (exact) mass is 264 g/mol. The minimum atomic E-state index is -0.410. The van der Waals surface area contributed by atoms with Crippen molar-refractivity contribution < 1.29 is 9.53 Å². The molecule has 4 nitrogen and oxygen atoms in total. The summed E-state index contributed by atoms with van der Waals surface area (Å²) in [7, 11) is 1.66. The van der Waals surface area contributed by atoms with Crippen LogP contribution in [-0.4, -0.2) is 26.1 Å². The molecular weight excluding hydrogens is 240 g/mol. The molecule has 4 heteroatoms. The molecule has 0 unspecified atom stereocenters. The molecule has 0 aliphatic rings. The molecule has 1 rings (SSSR count). The highest BCUT2D eigenvalue weighted by Gasteiger charge is 2.25. The van der Waals surface area contributed by atoms with Crippen LogP contribution in [0.5, 0.6) is 5.75 Å². The van der Waals surface area contributed by atoms with Crippen LogP contribution >= 0.6 is 0 Å². The number of hydrogen-bond donors (Lipinski definition) is 2. The van der Waals surface area contributed by atoms with Gasteiger partial charge in [0.25, 0.3) is 0 Å². The summed E-state index contributed by atoms with van der Waals surface area (Å²) >= 11 is 0. The van der Waals surface area contributed by atoms with Crippen LogP contribution in [0.3, 0.4) is 0 Å². The summed E-state index contributed by atoms with van der Waals surface area (Å²) in [5.41, 5.74) is 0.741. The molecule has 0 saturated carbocycles. The summed E-state index contributed by atoms with van der Waals surface area (Å²) in [6.45, 7) is 7.84. The minimum Gasteiger partial charge on any atom is -0.494 e. The van der Waals surface area contributed by atoms with Crippen LogP contribution in [-0.2, 0) is 11.3 Å². The molecule has 1 aromatic carbocycles. The van der Waals surface area contributed by atoms with Gasteiger partial charge in [-0.1, -0.05) is 12.1 Å². The number of benzene rings is 1. The largest absolute Gasteiger partial charge is 0.494 e. The van der Waals surface area contributed by atoms with Crippen LogP contribution in [0.4, 0.5) is 0 Å². The van der Waals surface area contributed by atoms with Gasteiger partial charge in [0, 0.05) is 20.1 Å². The predicted molar refractivity (Wildman–Crippen MR) is 77.2 cm³/mol.